The molecule has 0 aromatic carbocycles. The van der Waals surface area contributed by atoms with E-state index < -0.39 is 48.6 Å². The number of aliphatic hydroxyl groups is 3. The quantitative estimate of drug-likeness (QED) is 0.110. The molecule has 0 aliphatic rings. The maximum absolute atomic E-state index is 12.7. The van der Waals surface area contributed by atoms with Gasteiger partial charge in [0.25, 0.3) is 0 Å². The van der Waals surface area contributed by atoms with Crippen LogP contribution in [-0.2, 0) is 23.8 Å². The van der Waals surface area contributed by atoms with E-state index in [0.717, 1.165) is 64.2 Å². The third kappa shape index (κ3) is 17.2. The van der Waals surface area contributed by atoms with Crippen LogP contribution in [0, 0.1) is 0 Å². The van der Waals surface area contributed by atoms with Crippen molar-refractivity contribution in [2.75, 3.05) is 13.7 Å². The second-order valence-corrected chi connectivity index (χ2v) is 9.79. The number of esters is 1. The van der Waals surface area contributed by atoms with Crippen molar-refractivity contribution >= 4 is 11.9 Å². The SMILES string of the molecule is CCCCCCCC(CC(=O)O)OC(=O)CC(CCCCCCC)O[C@H](C)[C@H](O)[C@H](O)[C@H](O)COC. The average molecular weight is 521 g/mol. The normalized spacial score (nSPS) is 16.6. The Morgan fingerprint density at radius 3 is 1.78 bits per heavy atom. The van der Waals surface area contributed by atoms with E-state index in [1.165, 1.54) is 7.11 Å². The lowest BCUT2D eigenvalue weighted by Crippen LogP contribution is -2.47. The topological polar surface area (TPSA) is 143 Å². The number of aliphatic carboxylic acids is 1. The number of rotatable bonds is 24. The van der Waals surface area contributed by atoms with Crippen molar-refractivity contribution in [1.29, 1.82) is 0 Å². The van der Waals surface area contributed by atoms with Gasteiger partial charge in [-0.05, 0) is 26.2 Å². The van der Waals surface area contributed by atoms with Gasteiger partial charge in [0.1, 0.15) is 24.4 Å². The number of hydrogen-bond acceptors (Lipinski definition) is 8. The minimum absolute atomic E-state index is 0.0759. The number of methoxy groups -OCH3 is 1. The van der Waals surface area contributed by atoms with Crippen LogP contribution in [-0.4, -0.2) is 82.7 Å². The highest BCUT2D eigenvalue weighted by Crippen LogP contribution is 2.20. The zero-order chi connectivity index (χ0) is 27.3. The molecule has 0 fully saturated rings. The summed E-state index contributed by atoms with van der Waals surface area (Å²) in [4.78, 5) is 24.0. The predicted molar refractivity (Wildman–Crippen MR) is 138 cm³/mol. The Morgan fingerprint density at radius 2 is 1.28 bits per heavy atom. The Hall–Kier alpha value is -1.26. The first kappa shape index (κ1) is 34.7. The second-order valence-electron chi connectivity index (χ2n) is 9.79. The Balaban J connectivity index is 5.04. The van der Waals surface area contributed by atoms with Gasteiger partial charge in [0.2, 0.25) is 0 Å². The summed E-state index contributed by atoms with van der Waals surface area (Å²) in [6.07, 6.45) is 4.73. The maximum Gasteiger partial charge on any atom is 0.308 e. The van der Waals surface area contributed by atoms with Crippen molar-refractivity contribution in [3.05, 3.63) is 0 Å². The van der Waals surface area contributed by atoms with Crippen molar-refractivity contribution in [1.82, 2.24) is 0 Å². The first-order valence-electron chi connectivity index (χ1n) is 13.8. The van der Waals surface area contributed by atoms with E-state index in [2.05, 4.69) is 13.8 Å². The number of aliphatic hydroxyl groups excluding tert-OH is 3. The van der Waals surface area contributed by atoms with Crippen molar-refractivity contribution < 1.29 is 44.2 Å². The van der Waals surface area contributed by atoms with Crippen molar-refractivity contribution in [3.63, 3.8) is 0 Å². The lowest BCUT2D eigenvalue weighted by Gasteiger charge is -2.30. The van der Waals surface area contributed by atoms with E-state index in [9.17, 15) is 30.0 Å². The molecule has 0 aliphatic heterocycles. The van der Waals surface area contributed by atoms with Crippen LogP contribution in [0.4, 0.5) is 0 Å². The molecular formula is C27H52O9. The molecule has 9 nitrogen and oxygen atoms in total. The fourth-order valence-corrected chi connectivity index (χ4v) is 4.15. The van der Waals surface area contributed by atoms with Gasteiger partial charge in [-0.3, -0.25) is 9.59 Å². The molecule has 0 bridgehead atoms. The maximum atomic E-state index is 12.7. The van der Waals surface area contributed by atoms with Gasteiger partial charge in [0.05, 0.1) is 31.7 Å². The summed E-state index contributed by atoms with van der Waals surface area (Å²) < 4.78 is 16.3. The van der Waals surface area contributed by atoms with Gasteiger partial charge in [-0.1, -0.05) is 71.6 Å². The lowest BCUT2D eigenvalue weighted by atomic mass is 10.0. The number of carboxylic acid groups (broad SMARTS) is 1. The van der Waals surface area contributed by atoms with Crippen LogP contribution in [0.5, 0.6) is 0 Å². The van der Waals surface area contributed by atoms with E-state index >= 15 is 0 Å². The summed E-state index contributed by atoms with van der Waals surface area (Å²) >= 11 is 0. The number of hydrogen-bond donors (Lipinski definition) is 4. The molecule has 4 N–H and O–H groups in total. The van der Waals surface area contributed by atoms with E-state index in [1.807, 2.05) is 0 Å². The van der Waals surface area contributed by atoms with E-state index in [0.29, 0.717) is 12.8 Å². The Labute approximate surface area is 217 Å². The number of carboxylic acids is 1. The van der Waals surface area contributed by atoms with Crippen molar-refractivity contribution in [3.8, 4) is 0 Å². The van der Waals surface area contributed by atoms with Crippen molar-refractivity contribution in [2.45, 2.75) is 147 Å². The van der Waals surface area contributed by atoms with Crippen LogP contribution in [0.15, 0.2) is 0 Å². The molecule has 9 heteroatoms. The summed E-state index contributed by atoms with van der Waals surface area (Å²) in [7, 11) is 1.38. The molecule has 0 heterocycles. The minimum Gasteiger partial charge on any atom is -0.481 e. The zero-order valence-electron chi connectivity index (χ0n) is 22.9. The number of unbranched alkanes of at least 4 members (excludes halogenated alkanes) is 8. The third-order valence-corrected chi connectivity index (χ3v) is 6.32. The van der Waals surface area contributed by atoms with Crippen molar-refractivity contribution in [2.24, 2.45) is 0 Å². The van der Waals surface area contributed by atoms with Gasteiger partial charge in [-0.25, -0.2) is 0 Å². The fourth-order valence-electron chi connectivity index (χ4n) is 4.15. The van der Waals surface area contributed by atoms with Gasteiger partial charge in [-0.2, -0.15) is 0 Å². The first-order valence-corrected chi connectivity index (χ1v) is 13.8. The number of carbonyl (C=O) groups excluding carboxylic acids is 1. The molecule has 0 rings (SSSR count). The van der Waals surface area contributed by atoms with Gasteiger partial charge in [-0.15, -0.1) is 0 Å². The van der Waals surface area contributed by atoms with Crippen LogP contribution in [0.2, 0.25) is 0 Å². The van der Waals surface area contributed by atoms with Crippen LogP contribution >= 0.6 is 0 Å². The van der Waals surface area contributed by atoms with Gasteiger partial charge in [0, 0.05) is 7.11 Å². The third-order valence-electron chi connectivity index (χ3n) is 6.32. The molecule has 0 saturated heterocycles. The zero-order valence-corrected chi connectivity index (χ0v) is 22.9. The van der Waals surface area contributed by atoms with E-state index in [-0.39, 0.29) is 19.4 Å². The fraction of sp³-hybridized carbons (Fsp3) is 0.926. The highest BCUT2D eigenvalue weighted by molar-refractivity contribution is 5.72. The standard InChI is InChI=1S/C27H52O9/c1-5-7-9-11-13-15-21(17-24(29)30)36-25(31)18-22(16-14-12-10-8-6-2)35-20(3)26(32)27(33)23(28)19-34-4/h20-23,26-28,32-33H,5-19H2,1-4H3,(H,29,30)/t20-,21?,22?,23-,26+,27-/m1/s1. The van der Waals surface area contributed by atoms with Crippen LogP contribution in [0.1, 0.15) is 111 Å². The number of ether oxygens (including phenoxy) is 3. The Morgan fingerprint density at radius 1 is 0.750 bits per heavy atom. The largest absolute Gasteiger partial charge is 0.481 e. The molecule has 0 saturated carbocycles. The molecular weight excluding hydrogens is 468 g/mol. The molecule has 0 aromatic heterocycles. The summed E-state index contributed by atoms with van der Waals surface area (Å²) in [5.74, 6) is -1.54. The molecule has 0 aliphatic carbocycles. The average Bonchev–Trinajstić information content (AvgIpc) is 2.82. The lowest BCUT2D eigenvalue weighted by molar-refractivity contribution is -0.163. The molecule has 0 aromatic rings. The summed E-state index contributed by atoms with van der Waals surface area (Å²) in [6.45, 7) is 5.69. The summed E-state index contributed by atoms with van der Waals surface area (Å²) in [6, 6.07) is 0. The molecule has 0 spiro atoms. The molecule has 0 amide bonds. The number of carbonyl (C=O) groups is 2. The van der Waals surface area contributed by atoms with Crippen LogP contribution < -0.4 is 0 Å². The summed E-state index contributed by atoms with van der Waals surface area (Å²) in [5.41, 5.74) is 0. The predicted octanol–water partition coefficient (Wildman–Crippen LogP) is 3.99. The van der Waals surface area contributed by atoms with Gasteiger partial charge >= 0.3 is 11.9 Å². The first-order chi connectivity index (χ1) is 17.2. The molecule has 36 heavy (non-hydrogen) atoms. The monoisotopic (exact) mass is 520 g/mol. The Bertz CT molecular complexity index is 557. The molecule has 2 unspecified atom stereocenters. The highest BCUT2D eigenvalue weighted by atomic mass is 16.6. The van der Waals surface area contributed by atoms with Gasteiger partial charge < -0.3 is 34.6 Å². The summed E-state index contributed by atoms with van der Waals surface area (Å²) in [5, 5.41) is 39.8. The smallest absolute Gasteiger partial charge is 0.308 e. The molecule has 214 valence electrons. The minimum atomic E-state index is -1.47. The van der Waals surface area contributed by atoms with E-state index in [4.69, 9.17) is 14.2 Å². The molecule has 0 radical (unpaired) electrons. The van der Waals surface area contributed by atoms with Crippen LogP contribution in [0.3, 0.4) is 0 Å². The second kappa shape index (κ2) is 21.8. The molecule has 6 atom stereocenters. The Kier molecular flexibility index (Phi) is 21.0. The van der Waals surface area contributed by atoms with E-state index in [1.54, 1.807) is 6.92 Å². The van der Waals surface area contributed by atoms with Crippen LogP contribution in [0.25, 0.3) is 0 Å². The van der Waals surface area contributed by atoms with Gasteiger partial charge in [0.15, 0.2) is 0 Å². The highest BCUT2D eigenvalue weighted by Gasteiger charge is 2.32.